The Morgan fingerprint density at radius 1 is 1.31 bits per heavy atom. The first kappa shape index (κ1) is 13.9. The minimum absolute atomic E-state index is 0.187. The van der Waals surface area contributed by atoms with Crippen LogP contribution in [-0.2, 0) is 0 Å². The fraction of sp³-hybridized carbons (Fsp3) is 1.00. The molecule has 1 saturated heterocycles. The second kappa shape index (κ2) is 5.99. The molecule has 0 saturated carbocycles. The summed E-state index contributed by atoms with van der Waals surface area (Å²) in [6.07, 6.45) is 4.88. The molecule has 0 bridgehead atoms. The molecule has 0 spiro atoms. The second-order valence-electron chi connectivity index (χ2n) is 6.04. The fourth-order valence-corrected chi connectivity index (χ4v) is 2.79. The molecule has 3 N–H and O–H groups in total. The standard InChI is InChI=1S/C13H28N2O/c1-13(2,3)12(9-14)15-8-6-4-5-7-11(15)10-16/h11-12,16H,4-10,14H2,1-3H3. The molecule has 3 nitrogen and oxygen atoms in total. The van der Waals surface area contributed by atoms with Crippen molar-refractivity contribution in [2.24, 2.45) is 11.1 Å². The number of nitrogens with two attached hydrogens (primary N) is 1. The van der Waals surface area contributed by atoms with Crippen LogP contribution in [0, 0.1) is 5.41 Å². The van der Waals surface area contributed by atoms with Gasteiger partial charge in [-0.3, -0.25) is 4.90 Å². The summed E-state index contributed by atoms with van der Waals surface area (Å²) in [6, 6.07) is 0.693. The topological polar surface area (TPSA) is 49.5 Å². The summed E-state index contributed by atoms with van der Waals surface area (Å²) in [7, 11) is 0. The van der Waals surface area contributed by atoms with E-state index in [0.717, 1.165) is 13.0 Å². The van der Waals surface area contributed by atoms with E-state index in [1.54, 1.807) is 0 Å². The van der Waals surface area contributed by atoms with Gasteiger partial charge >= 0.3 is 0 Å². The van der Waals surface area contributed by atoms with Crippen molar-refractivity contribution < 1.29 is 5.11 Å². The molecule has 0 aliphatic carbocycles. The molecule has 96 valence electrons. The van der Waals surface area contributed by atoms with Crippen LogP contribution >= 0.6 is 0 Å². The van der Waals surface area contributed by atoms with Gasteiger partial charge in [0.25, 0.3) is 0 Å². The number of aliphatic hydroxyl groups excluding tert-OH is 1. The van der Waals surface area contributed by atoms with Crippen LogP contribution in [0.15, 0.2) is 0 Å². The van der Waals surface area contributed by atoms with Crippen LogP contribution in [-0.4, -0.2) is 41.8 Å². The highest BCUT2D eigenvalue weighted by molar-refractivity contribution is 4.88. The number of rotatable bonds is 3. The average molecular weight is 228 g/mol. The Balaban J connectivity index is 2.78. The summed E-state index contributed by atoms with van der Waals surface area (Å²) in [5, 5.41) is 9.51. The molecule has 1 fully saturated rings. The van der Waals surface area contributed by atoms with Gasteiger partial charge in [0.05, 0.1) is 6.61 Å². The minimum atomic E-state index is 0.187. The van der Waals surface area contributed by atoms with Gasteiger partial charge in [0.15, 0.2) is 0 Å². The molecule has 0 aromatic carbocycles. The number of hydrogen-bond donors (Lipinski definition) is 2. The van der Waals surface area contributed by atoms with Crippen molar-refractivity contribution in [3.05, 3.63) is 0 Å². The highest BCUT2D eigenvalue weighted by Gasteiger charge is 2.33. The zero-order chi connectivity index (χ0) is 12.2. The van der Waals surface area contributed by atoms with E-state index >= 15 is 0 Å². The molecule has 16 heavy (non-hydrogen) atoms. The molecular weight excluding hydrogens is 200 g/mol. The van der Waals surface area contributed by atoms with Crippen molar-refractivity contribution in [1.82, 2.24) is 4.90 Å². The van der Waals surface area contributed by atoms with E-state index in [1.165, 1.54) is 19.3 Å². The van der Waals surface area contributed by atoms with Crippen molar-refractivity contribution in [2.45, 2.75) is 58.5 Å². The van der Waals surface area contributed by atoms with Crippen molar-refractivity contribution in [3.63, 3.8) is 0 Å². The molecule has 3 heteroatoms. The summed E-state index contributed by atoms with van der Waals surface area (Å²) in [6.45, 7) is 8.76. The van der Waals surface area contributed by atoms with E-state index in [9.17, 15) is 5.11 Å². The first-order valence-electron chi connectivity index (χ1n) is 6.57. The Kier molecular flexibility index (Phi) is 5.22. The molecular formula is C13H28N2O. The Labute approximate surface area is 100 Å². The van der Waals surface area contributed by atoms with Gasteiger partial charge in [0, 0.05) is 18.6 Å². The van der Waals surface area contributed by atoms with Gasteiger partial charge in [-0.2, -0.15) is 0 Å². The van der Waals surface area contributed by atoms with E-state index in [4.69, 9.17) is 5.73 Å². The lowest BCUT2D eigenvalue weighted by Gasteiger charge is -2.42. The molecule has 1 heterocycles. The third kappa shape index (κ3) is 3.44. The van der Waals surface area contributed by atoms with E-state index in [1.807, 2.05) is 0 Å². The van der Waals surface area contributed by atoms with Crippen molar-refractivity contribution in [2.75, 3.05) is 19.7 Å². The zero-order valence-electron chi connectivity index (χ0n) is 11.1. The molecule has 0 amide bonds. The summed E-state index contributed by atoms with van der Waals surface area (Å²) >= 11 is 0. The van der Waals surface area contributed by atoms with Crippen molar-refractivity contribution in [3.8, 4) is 0 Å². The third-order valence-corrected chi connectivity index (χ3v) is 3.76. The van der Waals surface area contributed by atoms with Crippen LogP contribution in [0.3, 0.4) is 0 Å². The molecule has 0 radical (unpaired) electrons. The lowest BCUT2D eigenvalue weighted by atomic mass is 9.84. The highest BCUT2D eigenvalue weighted by Crippen LogP contribution is 2.28. The Morgan fingerprint density at radius 3 is 2.50 bits per heavy atom. The van der Waals surface area contributed by atoms with E-state index < -0.39 is 0 Å². The van der Waals surface area contributed by atoms with Gasteiger partial charge in [-0.15, -0.1) is 0 Å². The lowest BCUT2D eigenvalue weighted by Crippen LogP contribution is -2.53. The summed E-state index contributed by atoms with van der Waals surface area (Å²) < 4.78 is 0. The number of hydrogen-bond acceptors (Lipinski definition) is 3. The maximum atomic E-state index is 9.51. The van der Waals surface area contributed by atoms with Gasteiger partial charge in [0.1, 0.15) is 0 Å². The first-order chi connectivity index (χ1) is 7.50. The van der Waals surface area contributed by atoms with Gasteiger partial charge in [-0.05, 0) is 24.8 Å². The summed E-state index contributed by atoms with van der Waals surface area (Å²) in [5.74, 6) is 0. The molecule has 1 rings (SSSR count). The van der Waals surface area contributed by atoms with Crippen LogP contribution in [0.2, 0.25) is 0 Å². The van der Waals surface area contributed by atoms with Gasteiger partial charge in [-0.1, -0.05) is 33.6 Å². The number of likely N-dealkylation sites (tertiary alicyclic amines) is 1. The van der Waals surface area contributed by atoms with E-state index in [0.29, 0.717) is 18.6 Å². The summed E-state index contributed by atoms with van der Waals surface area (Å²) in [5.41, 5.74) is 6.12. The third-order valence-electron chi connectivity index (χ3n) is 3.76. The largest absolute Gasteiger partial charge is 0.395 e. The molecule has 1 aliphatic rings. The Morgan fingerprint density at radius 2 is 2.00 bits per heavy atom. The normalized spacial score (nSPS) is 26.4. The van der Waals surface area contributed by atoms with Crippen LogP contribution in [0.1, 0.15) is 46.5 Å². The first-order valence-corrected chi connectivity index (χ1v) is 6.57. The molecule has 2 unspecified atom stereocenters. The fourth-order valence-electron chi connectivity index (χ4n) is 2.79. The van der Waals surface area contributed by atoms with E-state index in [-0.39, 0.29) is 12.0 Å². The lowest BCUT2D eigenvalue weighted by molar-refractivity contribution is 0.0373. The Hall–Kier alpha value is -0.120. The minimum Gasteiger partial charge on any atom is -0.395 e. The number of nitrogens with zero attached hydrogens (tertiary/aromatic N) is 1. The van der Waals surface area contributed by atoms with Gasteiger partial charge in [0.2, 0.25) is 0 Å². The van der Waals surface area contributed by atoms with Crippen LogP contribution in [0.25, 0.3) is 0 Å². The molecule has 0 aromatic rings. The van der Waals surface area contributed by atoms with Gasteiger partial charge < -0.3 is 10.8 Å². The van der Waals surface area contributed by atoms with Crippen molar-refractivity contribution in [1.29, 1.82) is 0 Å². The predicted molar refractivity (Wildman–Crippen MR) is 68.3 cm³/mol. The molecule has 0 aromatic heterocycles. The summed E-state index contributed by atoms with van der Waals surface area (Å²) in [4.78, 5) is 2.45. The second-order valence-corrected chi connectivity index (χ2v) is 6.04. The molecule has 1 aliphatic heterocycles. The van der Waals surface area contributed by atoms with E-state index in [2.05, 4.69) is 25.7 Å². The maximum absolute atomic E-state index is 9.51. The highest BCUT2D eigenvalue weighted by atomic mass is 16.3. The maximum Gasteiger partial charge on any atom is 0.0586 e. The smallest absolute Gasteiger partial charge is 0.0586 e. The quantitative estimate of drug-likeness (QED) is 0.771. The number of aliphatic hydroxyl groups is 1. The van der Waals surface area contributed by atoms with Crippen molar-refractivity contribution >= 4 is 0 Å². The van der Waals surface area contributed by atoms with Gasteiger partial charge in [-0.25, -0.2) is 0 Å². The average Bonchev–Trinajstić information content (AvgIpc) is 2.42. The van der Waals surface area contributed by atoms with Crippen LogP contribution in [0.5, 0.6) is 0 Å². The van der Waals surface area contributed by atoms with Crippen LogP contribution in [0.4, 0.5) is 0 Å². The zero-order valence-corrected chi connectivity index (χ0v) is 11.1. The molecule has 2 atom stereocenters. The predicted octanol–water partition coefficient (Wildman–Crippen LogP) is 1.60. The monoisotopic (exact) mass is 228 g/mol. The van der Waals surface area contributed by atoms with Crippen LogP contribution < -0.4 is 5.73 Å². The SMILES string of the molecule is CC(C)(C)C(CN)N1CCCCCC1CO. The Bertz CT molecular complexity index is 201.